The van der Waals surface area contributed by atoms with E-state index in [4.69, 9.17) is 10.8 Å². The van der Waals surface area contributed by atoms with Crippen molar-refractivity contribution < 1.29 is 14.7 Å². The SMILES string of the molecule is Cc1nc(NC(=O)c2[nH]nc3c2C(C)(C)Cc2cnc(N)nc2-3)sc1C(=O)O. The van der Waals surface area contributed by atoms with Gasteiger partial charge in [0, 0.05) is 11.8 Å². The Bertz CT molecular complexity index is 1130. The number of nitrogens with one attached hydrogen (secondary N) is 2. The molecule has 1 aliphatic carbocycles. The fourth-order valence-corrected chi connectivity index (χ4v) is 4.26. The molecule has 0 saturated carbocycles. The number of rotatable bonds is 3. The molecule has 10 nitrogen and oxygen atoms in total. The number of hydrogen-bond acceptors (Lipinski definition) is 8. The molecule has 4 rings (SSSR count). The Balaban J connectivity index is 1.74. The summed E-state index contributed by atoms with van der Waals surface area (Å²) in [5.74, 6) is -1.39. The number of nitrogens with two attached hydrogens (primary N) is 1. The fourth-order valence-electron chi connectivity index (χ4n) is 3.46. The summed E-state index contributed by atoms with van der Waals surface area (Å²) in [6.07, 6.45) is 2.30. The van der Waals surface area contributed by atoms with Crippen molar-refractivity contribution in [3.8, 4) is 11.4 Å². The van der Waals surface area contributed by atoms with Crippen molar-refractivity contribution in [2.75, 3.05) is 11.1 Å². The summed E-state index contributed by atoms with van der Waals surface area (Å²) in [6.45, 7) is 5.60. The van der Waals surface area contributed by atoms with Gasteiger partial charge in [-0.05, 0) is 24.3 Å². The molecule has 28 heavy (non-hydrogen) atoms. The van der Waals surface area contributed by atoms with Crippen LogP contribution in [-0.2, 0) is 11.8 Å². The van der Waals surface area contributed by atoms with Crippen molar-refractivity contribution in [3.05, 3.63) is 33.6 Å². The fraction of sp³-hybridized carbons (Fsp3) is 0.294. The highest BCUT2D eigenvalue weighted by molar-refractivity contribution is 7.17. The number of aromatic nitrogens is 5. The summed E-state index contributed by atoms with van der Waals surface area (Å²) >= 11 is 0.907. The Morgan fingerprint density at radius 2 is 2.07 bits per heavy atom. The largest absolute Gasteiger partial charge is 0.477 e. The van der Waals surface area contributed by atoms with Gasteiger partial charge in [-0.15, -0.1) is 0 Å². The molecule has 0 aliphatic heterocycles. The third-order valence-corrected chi connectivity index (χ3v) is 5.68. The molecule has 1 amide bonds. The quantitative estimate of drug-likeness (QED) is 0.520. The van der Waals surface area contributed by atoms with Crippen LogP contribution >= 0.6 is 11.3 Å². The van der Waals surface area contributed by atoms with Gasteiger partial charge in [0.25, 0.3) is 5.91 Å². The molecule has 144 valence electrons. The van der Waals surface area contributed by atoms with E-state index in [1.54, 1.807) is 13.1 Å². The van der Waals surface area contributed by atoms with Gasteiger partial charge in [-0.1, -0.05) is 25.2 Å². The summed E-state index contributed by atoms with van der Waals surface area (Å²) in [5.41, 5.74) is 8.76. The Morgan fingerprint density at radius 1 is 1.32 bits per heavy atom. The van der Waals surface area contributed by atoms with Gasteiger partial charge >= 0.3 is 5.97 Å². The number of aryl methyl sites for hydroxylation is 1. The predicted octanol–water partition coefficient (Wildman–Crippen LogP) is 2.00. The van der Waals surface area contributed by atoms with Crippen LogP contribution in [0.3, 0.4) is 0 Å². The van der Waals surface area contributed by atoms with Gasteiger partial charge in [0.2, 0.25) is 5.95 Å². The van der Waals surface area contributed by atoms with Gasteiger partial charge in [-0.25, -0.2) is 19.7 Å². The number of fused-ring (bicyclic) bond motifs is 3. The van der Waals surface area contributed by atoms with E-state index in [9.17, 15) is 9.59 Å². The van der Waals surface area contributed by atoms with Crippen molar-refractivity contribution in [3.63, 3.8) is 0 Å². The topological polar surface area (TPSA) is 160 Å². The number of carbonyl (C=O) groups excluding carboxylic acids is 1. The number of aromatic carboxylic acids is 1. The first-order chi connectivity index (χ1) is 13.2. The highest BCUT2D eigenvalue weighted by Crippen LogP contribution is 2.42. The van der Waals surface area contributed by atoms with Gasteiger partial charge < -0.3 is 10.8 Å². The molecule has 3 heterocycles. The third kappa shape index (κ3) is 2.80. The number of nitrogens with zero attached hydrogens (tertiary/aromatic N) is 4. The number of carboxylic acid groups (broad SMARTS) is 1. The van der Waals surface area contributed by atoms with Crippen LogP contribution in [0.25, 0.3) is 11.4 Å². The van der Waals surface area contributed by atoms with Crippen molar-refractivity contribution in [1.82, 2.24) is 25.1 Å². The molecular weight excluding hydrogens is 382 g/mol. The second-order valence-corrected chi connectivity index (χ2v) is 8.18. The highest BCUT2D eigenvalue weighted by Gasteiger charge is 2.38. The van der Waals surface area contributed by atoms with Crippen LogP contribution in [0.2, 0.25) is 0 Å². The van der Waals surface area contributed by atoms with Crippen molar-refractivity contribution >= 4 is 34.3 Å². The average Bonchev–Trinajstić information content (AvgIpc) is 3.20. The van der Waals surface area contributed by atoms with Crippen LogP contribution in [0.4, 0.5) is 11.1 Å². The van der Waals surface area contributed by atoms with E-state index in [0.717, 1.165) is 22.5 Å². The second-order valence-electron chi connectivity index (χ2n) is 7.18. The Labute approximate surface area is 163 Å². The lowest BCUT2D eigenvalue weighted by Gasteiger charge is -2.30. The minimum absolute atomic E-state index is 0.0865. The zero-order chi connectivity index (χ0) is 20.2. The molecule has 11 heteroatoms. The standard InChI is InChI=1S/C17H17N7O3S/c1-6-12(14(26)27)28-16(20-6)22-13(25)11-8-10(23-24-11)9-7(4-17(8,2)3)5-19-15(18)21-9/h5H,4H2,1-3H3,(H,23,24)(H,26,27)(H2,18,19,21)(H,20,22,25). The minimum Gasteiger partial charge on any atom is -0.477 e. The van der Waals surface area contributed by atoms with E-state index >= 15 is 0 Å². The number of amides is 1. The van der Waals surface area contributed by atoms with Crippen molar-refractivity contribution in [1.29, 1.82) is 0 Å². The molecular formula is C17H17N7O3S. The lowest BCUT2D eigenvalue weighted by atomic mass is 9.73. The lowest BCUT2D eigenvalue weighted by molar-refractivity contribution is 0.0701. The summed E-state index contributed by atoms with van der Waals surface area (Å²) in [7, 11) is 0. The number of thiazole rings is 1. The van der Waals surface area contributed by atoms with E-state index in [-0.39, 0.29) is 21.7 Å². The van der Waals surface area contributed by atoms with E-state index in [2.05, 4.69) is 30.5 Å². The lowest BCUT2D eigenvalue weighted by Crippen LogP contribution is -2.29. The van der Waals surface area contributed by atoms with E-state index in [1.165, 1.54) is 0 Å². The molecule has 0 saturated heterocycles. The number of carbonyl (C=O) groups is 2. The van der Waals surface area contributed by atoms with Crippen LogP contribution in [0, 0.1) is 6.92 Å². The maximum absolute atomic E-state index is 12.9. The maximum Gasteiger partial charge on any atom is 0.347 e. The van der Waals surface area contributed by atoms with Gasteiger partial charge in [0.1, 0.15) is 16.3 Å². The summed E-state index contributed by atoms with van der Waals surface area (Å²) in [6, 6.07) is 0. The average molecular weight is 399 g/mol. The van der Waals surface area contributed by atoms with Crippen LogP contribution in [0.1, 0.15) is 50.8 Å². The molecule has 3 aromatic rings. The predicted molar refractivity (Wildman–Crippen MR) is 103 cm³/mol. The van der Waals surface area contributed by atoms with E-state index in [1.807, 2.05) is 13.8 Å². The van der Waals surface area contributed by atoms with Crippen LogP contribution in [-0.4, -0.2) is 42.1 Å². The third-order valence-electron chi connectivity index (χ3n) is 4.62. The zero-order valence-electron chi connectivity index (χ0n) is 15.3. The Kier molecular flexibility index (Phi) is 3.93. The second kappa shape index (κ2) is 6.09. The normalized spacial score (nSPS) is 14.2. The minimum atomic E-state index is -1.08. The summed E-state index contributed by atoms with van der Waals surface area (Å²) in [4.78, 5) is 36.6. The van der Waals surface area contributed by atoms with Crippen LogP contribution < -0.4 is 11.1 Å². The van der Waals surface area contributed by atoms with Crippen LogP contribution in [0.15, 0.2) is 6.20 Å². The molecule has 0 spiro atoms. The van der Waals surface area contributed by atoms with Crippen LogP contribution in [0.5, 0.6) is 0 Å². The highest BCUT2D eigenvalue weighted by atomic mass is 32.1. The summed E-state index contributed by atoms with van der Waals surface area (Å²) in [5, 5.41) is 19.1. The number of nitrogen functional groups attached to an aromatic ring is 1. The first-order valence-corrected chi connectivity index (χ1v) is 9.21. The maximum atomic E-state index is 12.9. The Morgan fingerprint density at radius 3 is 2.75 bits per heavy atom. The summed E-state index contributed by atoms with van der Waals surface area (Å²) < 4.78 is 0. The monoisotopic (exact) mass is 399 g/mol. The number of aromatic amines is 1. The van der Waals surface area contributed by atoms with Gasteiger partial charge in [0.05, 0.1) is 11.4 Å². The van der Waals surface area contributed by atoms with E-state index < -0.39 is 17.3 Å². The molecule has 0 radical (unpaired) electrons. The van der Waals surface area contributed by atoms with Crippen molar-refractivity contribution in [2.45, 2.75) is 32.6 Å². The first kappa shape index (κ1) is 18.0. The number of hydrogen-bond donors (Lipinski definition) is 4. The molecule has 0 bridgehead atoms. The molecule has 0 fully saturated rings. The molecule has 0 aromatic carbocycles. The smallest absolute Gasteiger partial charge is 0.347 e. The molecule has 3 aromatic heterocycles. The van der Waals surface area contributed by atoms with Crippen molar-refractivity contribution in [2.24, 2.45) is 0 Å². The molecule has 5 N–H and O–H groups in total. The number of carboxylic acids is 1. The zero-order valence-corrected chi connectivity index (χ0v) is 16.1. The van der Waals surface area contributed by atoms with Gasteiger partial charge in [-0.2, -0.15) is 5.10 Å². The number of H-pyrrole nitrogens is 1. The molecule has 1 aliphatic rings. The van der Waals surface area contributed by atoms with Gasteiger partial charge in [0.15, 0.2) is 5.13 Å². The van der Waals surface area contributed by atoms with E-state index in [0.29, 0.717) is 23.5 Å². The molecule has 0 atom stereocenters. The molecule has 0 unspecified atom stereocenters. The first-order valence-electron chi connectivity index (χ1n) is 8.40. The Hall–Kier alpha value is -3.34. The number of anilines is 2. The van der Waals surface area contributed by atoms with Gasteiger partial charge in [-0.3, -0.25) is 15.2 Å².